The summed E-state index contributed by atoms with van der Waals surface area (Å²) in [4.78, 5) is 0. The van der Waals surface area contributed by atoms with Gasteiger partial charge in [0.2, 0.25) is 0 Å². The van der Waals surface area contributed by atoms with Crippen molar-refractivity contribution in [2.45, 2.75) is 25.4 Å². The van der Waals surface area contributed by atoms with Gasteiger partial charge in [-0.25, -0.2) is 4.39 Å². The van der Waals surface area contributed by atoms with Gasteiger partial charge in [-0.15, -0.1) is 0 Å². The van der Waals surface area contributed by atoms with Crippen LogP contribution in [0.15, 0.2) is 0 Å². The molecule has 0 aromatic heterocycles. The van der Waals surface area contributed by atoms with Crippen molar-refractivity contribution >= 4 is 15.9 Å². The average Bonchev–Trinajstić information content (AvgIpc) is 2.37. The van der Waals surface area contributed by atoms with E-state index in [2.05, 4.69) is 15.9 Å². The lowest BCUT2D eigenvalue weighted by Gasteiger charge is -2.34. The molecule has 1 atom stereocenters. The molecule has 1 spiro atoms. The Kier molecular flexibility index (Phi) is 1.17. The predicted octanol–water partition coefficient (Wildman–Crippen LogP) is 2.52. The fourth-order valence-electron chi connectivity index (χ4n) is 1.92. The highest BCUT2D eigenvalue weighted by Crippen LogP contribution is 2.65. The molecule has 0 aromatic carbocycles. The van der Waals surface area contributed by atoms with Crippen molar-refractivity contribution in [3.8, 4) is 0 Å². The third-order valence-corrected chi connectivity index (χ3v) is 3.61. The van der Waals surface area contributed by atoms with Crippen molar-refractivity contribution in [3.05, 3.63) is 0 Å². The minimum Gasteiger partial charge on any atom is -0.247 e. The predicted molar refractivity (Wildman–Crippen MR) is 38.5 cm³/mol. The van der Waals surface area contributed by atoms with Crippen LogP contribution < -0.4 is 0 Å². The van der Waals surface area contributed by atoms with Gasteiger partial charge in [0.25, 0.3) is 0 Å². The maximum Gasteiger partial charge on any atom is 0.106 e. The van der Waals surface area contributed by atoms with Gasteiger partial charge < -0.3 is 0 Å². The average molecular weight is 193 g/mol. The van der Waals surface area contributed by atoms with E-state index < -0.39 is 6.17 Å². The van der Waals surface area contributed by atoms with Gasteiger partial charge in [-0.05, 0) is 25.2 Å². The summed E-state index contributed by atoms with van der Waals surface area (Å²) in [6.45, 7) is 0. The van der Waals surface area contributed by atoms with Gasteiger partial charge in [0.05, 0.1) is 0 Å². The largest absolute Gasteiger partial charge is 0.247 e. The van der Waals surface area contributed by atoms with Crippen molar-refractivity contribution in [2.24, 2.45) is 11.3 Å². The van der Waals surface area contributed by atoms with E-state index in [1.165, 1.54) is 0 Å². The van der Waals surface area contributed by atoms with Crippen molar-refractivity contribution in [2.75, 3.05) is 5.33 Å². The van der Waals surface area contributed by atoms with E-state index in [1.807, 2.05) is 0 Å². The summed E-state index contributed by atoms with van der Waals surface area (Å²) in [5.74, 6) is 0.783. The van der Waals surface area contributed by atoms with E-state index in [-0.39, 0.29) is 5.41 Å². The van der Waals surface area contributed by atoms with E-state index in [9.17, 15) is 4.39 Å². The number of rotatable bonds is 1. The van der Waals surface area contributed by atoms with E-state index in [1.54, 1.807) is 0 Å². The Balaban J connectivity index is 1.85. The first-order valence-corrected chi connectivity index (χ1v) is 4.59. The summed E-state index contributed by atoms with van der Waals surface area (Å²) in [5.41, 5.74) is 0.207. The first kappa shape index (κ1) is 6.14. The lowest BCUT2D eigenvalue weighted by molar-refractivity contribution is 0.154. The molecule has 2 saturated carbocycles. The van der Waals surface area contributed by atoms with Crippen LogP contribution in [-0.4, -0.2) is 11.5 Å². The van der Waals surface area contributed by atoms with Crippen LogP contribution in [0, 0.1) is 11.3 Å². The zero-order chi connectivity index (χ0) is 6.48. The Morgan fingerprint density at radius 3 is 2.33 bits per heavy atom. The number of halogens is 2. The number of alkyl halides is 2. The second kappa shape index (κ2) is 1.71. The van der Waals surface area contributed by atoms with Crippen LogP contribution >= 0.6 is 15.9 Å². The molecule has 2 aliphatic rings. The summed E-state index contributed by atoms with van der Waals surface area (Å²) in [5, 5.41) is 1.07. The third kappa shape index (κ3) is 0.754. The van der Waals surface area contributed by atoms with Gasteiger partial charge in [0.15, 0.2) is 0 Å². The number of hydrogen-bond acceptors (Lipinski definition) is 0. The monoisotopic (exact) mass is 192 g/mol. The molecule has 1 unspecified atom stereocenters. The van der Waals surface area contributed by atoms with Crippen LogP contribution in [0.5, 0.6) is 0 Å². The molecule has 0 aliphatic heterocycles. The normalized spacial score (nSPS) is 55.3. The van der Waals surface area contributed by atoms with Crippen molar-refractivity contribution in [1.82, 2.24) is 0 Å². The molecule has 2 heteroatoms. The lowest BCUT2D eigenvalue weighted by atomic mass is 9.73. The van der Waals surface area contributed by atoms with E-state index in [0.29, 0.717) is 0 Å². The zero-order valence-electron chi connectivity index (χ0n) is 5.24. The molecular formula is C7H10BrF. The standard InChI is InChI=1S/C7H10BrF/c8-4-5-1-7(2-5)3-6(7)9/h5-6H,1-4H2. The fraction of sp³-hybridized carbons (Fsp3) is 1.00. The van der Waals surface area contributed by atoms with Crippen LogP contribution in [0.2, 0.25) is 0 Å². The summed E-state index contributed by atoms with van der Waals surface area (Å²) >= 11 is 3.40. The highest BCUT2D eigenvalue weighted by atomic mass is 79.9. The Morgan fingerprint density at radius 1 is 1.44 bits per heavy atom. The Labute approximate surface area is 63.0 Å². The van der Waals surface area contributed by atoms with Crippen molar-refractivity contribution in [3.63, 3.8) is 0 Å². The molecule has 2 aliphatic carbocycles. The molecule has 0 amide bonds. The lowest BCUT2D eigenvalue weighted by Crippen LogP contribution is -2.28. The summed E-state index contributed by atoms with van der Waals surface area (Å²) in [6, 6.07) is 0. The van der Waals surface area contributed by atoms with Crippen molar-refractivity contribution in [1.29, 1.82) is 0 Å². The van der Waals surface area contributed by atoms with E-state index in [4.69, 9.17) is 0 Å². The molecule has 2 fully saturated rings. The highest BCUT2D eigenvalue weighted by molar-refractivity contribution is 9.09. The molecule has 52 valence electrons. The van der Waals surface area contributed by atoms with Gasteiger partial charge in [0.1, 0.15) is 6.17 Å². The molecule has 0 nitrogen and oxygen atoms in total. The van der Waals surface area contributed by atoms with E-state index in [0.717, 1.165) is 30.5 Å². The minimum atomic E-state index is -0.437. The molecule has 0 N–H and O–H groups in total. The molecular weight excluding hydrogens is 183 g/mol. The minimum absolute atomic E-state index is 0.207. The maximum absolute atomic E-state index is 12.5. The Bertz CT molecular complexity index is 129. The fourth-order valence-corrected chi connectivity index (χ4v) is 2.38. The van der Waals surface area contributed by atoms with Crippen molar-refractivity contribution < 1.29 is 4.39 Å². The first-order valence-electron chi connectivity index (χ1n) is 3.47. The van der Waals surface area contributed by atoms with E-state index >= 15 is 0 Å². The highest BCUT2D eigenvalue weighted by Gasteiger charge is 2.61. The topological polar surface area (TPSA) is 0 Å². The SMILES string of the molecule is FC1CC12CC(CBr)C2. The molecule has 0 heterocycles. The van der Waals surface area contributed by atoms with Crippen LogP contribution in [-0.2, 0) is 0 Å². The third-order valence-electron chi connectivity index (χ3n) is 2.70. The maximum atomic E-state index is 12.5. The Hall–Kier alpha value is 0.410. The van der Waals surface area contributed by atoms with Gasteiger partial charge in [-0.2, -0.15) is 0 Å². The second-order valence-electron chi connectivity index (χ2n) is 3.46. The molecule has 9 heavy (non-hydrogen) atoms. The zero-order valence-corrected chi connectivity index (χ0v) is 6.83. The van der Waals surface area contributed by atoms with Crippen LogP contribution in [0.1, 0.15) is 19.3 Å². The van der Waals surface area contributed by atoms with Crippen LogP contribution in [0.3, 0.4) is 0 Å². The van der Waals surface area contributed by atoms with Gasteiger partial charge >= 0.3 is 0 Å². The second-order valence-corrected chi connectivity index (χ2v) is 4.11. The first-order chi connectivity index (χ1) is 4.27. The summed E-state index contributed by atoms with van der Waals surface area (Å²) < 4.78 is 12.5. The van der Waals surface area contributed by atoms with Gasteiger partial charge in [0, 0.05) is 10.7 Å². The number of hydrogen-bond donors (Lipinski definition) is 0. The molecule has 0 saturated heterocycles. The molecule has 2 rings (SSSR count). The van der Waals surface area contributed by atoms with Gasteiger partial charge in [-0.3, -0.25) is 0 Å². The summed E-state index contributed by atoms with van der Waals surface area (Å²) in [7, 11) is 0. The Morgan fingerprint density at radius 2 is 2.00 bits per heavy atom. The molecule has 0 aromatic rings. The quantitative estimate of drug-likeness (QED) is 0.561. The van der Waals surface area contributed by atoms with Gasteiger partial charge in [-0.1, -0.05) is 15.9 Å². The molecule has 0 radical (unpaired) electrons. The molecule has 0 bridgehead atoms. The van der Waals surface area contributed by atoms with Crippen LogP contribution in [0.4, 0.5) is 4.39 Å². The smallest absolute Gasteiger partial charge is 0.106 e. The summed E-state index contributed by atoms with van der Waals surface area (Å²) in [6.07, 6.45) is 2.70. The van der Waals surface area contributed by atoms with Crippen LogP contribution in [0.25, 0.3) is 0 Å².